The van der Waals surface area contributed by atoms with Gasteiger partial charge in [-0.15, -0.1) is 0 Å². The molecule has 1 aliphatic rings. The minimum absolute atomic E-state index is 0.144. The molecule has 4 rings (SSSR count). The lowest BCUT2D eigenvalue weighted by atomic mass is 9.90. The smallest absolute Gasteiger partial charge is 0.410 e. The van der Waals surface area contributed by atoms with Crippen molar-refractivity contribution in [3.8, 4) is 0 Å². The molecule has 0 aliphatic carbocycles. The van der Waals surface area contributed by atoms with E-state index in [0.717, 1.165) is 16.5 Å². The van der Waals surface area contributed by atoms with Crippen LogP contribution >= 0.6 is 0 Å². The van der Waals surface area contributed by atoms with Gasteiger partial charge in [0.05, 0.1) is 15.3 Å². The van der Waals surface area contributed by atoms with Gasteiger partial charge in [-0.3, -0.25) is 4.98 Å². The van der Waals surface area contributed by atoms with Crippen molar-refractivity contribution in [3.63, 3.8) is 0 Å². The second-order valence-corrected chi connectivity index (χ2v) is 10.4. The molecule has 1 fully saturated rings. The average molecular weight is 425 g/mol. The van der Waals surface area contributed by atoms with Crippen LogP contribution in [0.25, 0.3) is 10.9 Å². The number of carbonyl (C=O) groups excluding carboxylic acids is 1. The van der Waals surface area contributed by atoms with Crippen molar-refractivity contribution in [3.05, 3.63) is 66.4 Å². The standard InChI is InChI=1S/C23H24N2O4S/c1-23(2,3)29-22(26)25-14-17(15-25)20-11-7-8-16-12-19(13-24-21(16)20)30(27,28)18-9-5-4-6-10-18/h4-13,17H,14-15H2,1-3H3. The fourth-order valence-electron chi connectivity index (χ4n) is 3.53. The van der Waals surface area contributed by atoms with Crippen molar-refractivity contribution in [1.29, 1.82) is 0 Å². The predicted molar refractivity (Wildman–Crippen MR) is 114 cm³/mol. The zero-order valence-electron chi connectivity index (χ0n) is 17.2. The Labute approximate surface area is 176 Å². The highest BCUT2D eigenvalue weighted by atomic mass is 32.2. The van der Waals surface area contributed by atoms with Crippen LogP contribution in [-0.2, 0) is 14.6 Å². The van der Waals surface area contributed by atoms with E-state index in [-0.39, 0.29) is 21.8 Å². The van der Waals surface area contributed by atoms with Crippen molar-refractivity contribution in [2.75, 3.05) is 13.1 Å². The van der Waals surface area contributed by atoms with Gasteiger partial charge in [0.25, 0.3) is 0 Å². The monoisotopic (exact) mass is 424 g/mol. The van der Waals surface area contributed by atoms with Crippen LogP contribution in [0.3, 0.4) is 0 Å². The van der Waals surface area contributed by atoms with Gasteiger partial charge in [0.1, 0.15) is 5.60 Å². The summed E-state index contributed by atoms with van der Waals surface area (Å²) < 4.78 is 31.2. The number of benzene rings is 2. The summed E-state index contributed by atoms with van der Waals surface area (Å²) in [5.41, 5.74) is 1.25. The van der Waals surface area contributed by atoms with Gasteiger partial charge >= 0.3 is 6.09 Å². The van der Waals surface area contributed by atoms with E-state index < -0.39 is 15.4 Å². The molecule has 156 valence electrons. The molecule has 0 bridgehead atoms. The first-order valence-corrected chi connectivity index (χ1v) is 11.3. The van der Waals surface area contributed by atoms with Crippen molar-refractivity contribution < 1.29 is 17.9 Å². The van der Waals surface area contributed by atoms with Gasteiger partial charge in [-0.2, -0.15) is 0 Å². The summed E-state index contributed by atoms with van der Waals surface area (Å²) >= 11 is 0. The van der Waals surface area contributed by atoms with E-state index in [2.05, 4.69) is 4.98 Å². The summed E-state index contributed by atoms with van der Waals surface area (Å²) in [7, 11) is -3.62. The van der Waals surface area contributed by atoms with Gasteiger partial charge in [0, 0.05) is 30.6 Å². The van der Waals surface area contributed by atoms with Crippen LogP contribution in [0.1, 0.15) is 32.3 Å². The molecule has 6 nitrogen and oxygen atoms in total. The minimum Gasteiger partial charge on any atom is -0.444 e. The number of nitrogens with zero attached hydrogens (tertiary/aromatic N) is 2. The molecule has 1 aliphatic heterocycles. The normalized spacial score (nSPS) is 15.1. The van der Waals surface area contributed by atoms with E-state index in [1.54, 1.807) is 41.3 Å². The zero-order chi connectivity index (χ0) is 21.5. The summed E-state index contributed by atoms with van der Waals surface area (Å²) in [5.74, 6) is 0.144. The predicted octanol–water partition coefficient (Wildman–Crippen LogP) is 4.40. The third kappa shape index (κ3) is 3.89. The Morgan fingerprint density at radius 3 is 2.40 bits per heavy atom. The van der Waals surface area contributed by atoms with Crippen LogP contribution in [-0.4, -0.2) is 43.1 Å². The number of pyridine rings is 1. The van der Waals surface area contributed by atoms with Gasteiger partial charge in [-0.1, -0.05) is 36.4 Å². The molecule has 0 radical (unpaired) electrons. The third-order valence-corrected chi connectivity index (χ3v) is 6.79. The summed E-state index contributed by atoms with van der Waals surface area (Å²) in [6, 6.07) is 15.7. The highest BCUT2D eigenvalue weighted by molar-refractivity contribution is 7.91. The van der Waals surface area contributed by atoms with Crippen LogP contribution < -0.4 is 0 Å². The number of likely N-dealkylation sites (tertiary alicyclic amines) is 1. The molecule has 1 amide bonds. The molecule has 1 aromatic heterocycles. The lowest BCUT2D eigenvalue weighted by Gasteiger charge is -2.40. The van der Waals surface area contributed by atoms with Gasteiger partial charge < -0.3 is 9.64 Å². The SMILES string of the molecule is CC(C)(C)OC(=O)N1CC(c2cccc3cc(S(=O)(=O)c4ccccc4)cnc23)C1. The van der Waals surface area contributed by atoms with E-state index in [1.165, 1.54) is 6.20 Å². The van der Waals surface area contributed by atoms with Gasteiger partial charge in [-0.25, -0.2) is 13.2 Å². The number of ether oxygens (including phenoxy) is 1. The number of aromatic nitrogens is 1. The number of para-hydroxylation sites is 1. The number of fused-ring (bicyclic) bond motifs is 1. The molecule has 0 spiro atoms. The Morgan fingerprint density at radius 1 is 1.03 bits per heavy atom. The molecule has 2 aromatic carbocycles. The van der Waals surface area contributed by atoms with Crippen molar-refractivity contribution in [2.45, 2.75) is 42.1 Å². The zero-order valence-corrected chi connectivity index (χ0v) is 18.0. The van der Waals surface area contributed by atoms with Gasteiger partial charge in [-0.05, 0) is 44.5 Å². The Hall–Kier alpha value is -2.93. The van der Waals surface area contributed by atoms with Gasteiger partial charge in [0.2, 0.25) is 9.84 Å². The van der Waals surface area contributed by atoms with E-state index in [1.807, 2.05) is 39.0 Å². The number of amides is 1. The Morgan fingerprint density at radius 2 is 1.73 bits per heavy atom. The molecule has 0 N–H and O–H groups in total. The summed E-state index contributed by atoms with van der Waals surface area (Å²) in [4.78, 5) is 18.8. The molecule has 3 aromatic rings. The molecule has 0 atom stereocenters. The third-order valence-electron chi connectivity index (χ3n) is 5.05. The number of hydrogen-bond acceptors (Lipinski definition) is 5. The lowest BCUT2D eigenvalue weighted by Crippen LogP contribution is -2.50. The Bertz CT molecular complexity index is 1190. The second kappa shape index (κ2) is 7.40. The number of sulfone groups is 1. The van der Waals surface area contributed by atoms with Crippen molar-refractivity contribution in [2.24, 2.45) is 0 Å². The maximum absolute atomic E-state index is 12.9. The highest BCUT2D eigenvalue weighted by Gasteiger charge is 2.35. The molecule has 1 saturated heterocycles. The molecular weight excluding hydrogens is 400 g/mol. The first-order valence-electron chi connectivity index (χ1n) is 9.82. The molecule has 0 saturated carbocycles. The van der Waals surface area contributed by atoms with Gasteiger partial charge in [0.15, 0.2) is 0 Å². The first kappa shape index (κ1) is 20.3. The second-order valence-electron chi connectivity index (χ2n) is 8.49. The maximum Gasteiger partial charge on any atom is 0.410 e. The molecule has 2 heterocycles. The highest BCUT2D eigenvalue weighted by Crippen LogP contribution is 2.33. The fourth-order valence-corrected chi connectivity index (χ4v) is 4.79. The quantitative estimate of drug-likeness (QED) is 0.623. The summed E-state index contributed by atoms with van der Waals surface area (Å²) in [5, 5.41) is 0.764. The number of carbonyl (C=O) groups is 1. The van der Waals surface area contributed by atoms with Crippen LogP contribution in [0.4, 0.5) is 4.79 Å². The average Bonchev–Trinajstić information content (AvgIpc) is 2.66. The molecule has 0 unspecified atom stereocenters. The topological polar surface area (TPSA) is 76.6 Å². The van der Waals surface area contributed by atoms with Crippen molar-refractivity contribution in [1.82, 2.24) is 9.88 Å². The van der Waals surface area contributed by atoms with Crippen LogP contribution in [0.5, 0.6) is 0 Å². The van der Waals surface area contributed by atoms with Crippen LogP contribution in [0, 0.1) is 0 Å². The lowest BCUT2D eigenvalue weighted by molar-refractivity contribution is 0.00828. The number of hydrogen-bond donors (Lipinski definition) is 0. The van der Waals surface area contributed by atoms with Crippen LogP contribution in [0.2, 0.25) is 0 Å². The van der Waals surface area contributed by atoms with Crippen molar-refractivity contribution >= 4 is 26.8 Å². The largest absolute Gasteiger partial charge is 0.444 e. The molecular formula is C23H24N2O4S. The van der Waals surface area contributed by atoms with E-state index >= 15 is 0 Å². The molecule has 7 heteroatoms. The first-order chi connectivity index (χ1) is 14.1. The van der Waals surface area contributed by atoms with Crippen LogP contribution in [0.15, 0.2) is 70.6 Å². The van der Waals surface area contributed by atoms with E-state index in [4.69, 9.17) is 4.74 Å². The summed E-state index contributed by atoms with van der Waals surface area (Å²) in [6.45, 7) is 6.65. The molecule has 30 heavy (non-hydrogen) atoms. The summed E-state index contributed by atoms with van der Waals surface area (Å²) in [6.07, 6.45) is 1.10. The van der Waals surface area contributed by atoms with E-state index in [9.17, 15) is 13.2 Å². The maximum atomic E-state index is 12.9. The van der Waals surface area contributed by atoms with E-state index in [0.29, 0.717) is 13.1 Å². The number of rotatable bonds is 3. The Kier molecular flexibility index (Phi) is 5.02. The fraction of sp³-hybridized carbons (Fsp3) is 0.304. The Balaban J connectivity index is 1.59. The minimum atomic E-state index is -3.62.